The monoisotopic (exact) mass is 315 g/mol. The standard InChI is InChI=1S/C11H14BrN3OS/c1-3-4-15-10(8(12)5-14-15)11(16)9-6-13-7(2)17-9/h5-6,11,16H,3-4H2,1-2H3. The molecule has 0 bridgehead atoms. The number of halogens is 1. The predicted molar refractivity (Wildman–Crippen MR) is 71.1 cm³/mol. The van der Waals surface area contributed by atoms with Crippen LogP contribution in [0.5, 0.6) is 0 Å². The summed E-state index contributed by atoms with van der Waals surface area (Å²) in [5.41, 5.74) is 0.801. The number of aliphatic hydroxyl groups is 1. The molecule has 0 spiro atoms. The van der Waals surface area contributed by atoms with Gasteiger partial charge in [0, 0.05) is 12.7 Å². The molecular formula is C11H14BrN3OS. The first-order valence-corrected chi connectivity index (χ1v) is 7.06. The molecule has 17 heavy (non-hydrogen) atoms. The van der Waals surface area contributed by atoms with Gasteiger partial charge in [0.1, 0.15) is 6.10 Å². The minimum atomic E-state index is -0.662. The van der Waals surface area contributed by atoms with Crippen molar-refractivity contribution in [2.45, 2.75) is 32.9 Å². The Hall–Kier alpha value is -0.720. The summed E-state index contributed by atoms with van der Waals surface area (Å²) in [5, 5.41) is 15.6. The van der Waals surface area contributed by atoms with E-state index in [2.05, 4.69) is 32.9 Å². The Labute approximate surface area is 112 Å². The Bertz CT molecular complexity index is 509. The van der Waals surface area contributed by atoms with Crippen LogP contribution in [0.15, 0.2) is 16.9 Å². The van der Waals surface area contributed by atoms with Crippen molar-refractivity contribution in [2.24, 2.45) is 0 Å². The topological polar surface area (TPSA) is 50.9 Å². The zero-order valence-electron chi connectivity index (χ0n) is 9.72. The Morgan fingerprint density at radius 1 is 1.53 bits per heavy atom. The van der Waals surface area contributed by atoms with Crippen molar-refractivity contribution in [3.8, 4) is 0 Å². The van der Waals surface area contributed by atoms with E-state index in [4.69, 9.17) is 0 Å². The Morgan fingerprint density at radius 3 is 2.88 bits per heavy atom. The third kappa shape index (κ3) is 2.59. The van der Waals surface area contributed by atoms with Crippen molar-refractivity contribution < 1.29 is 5.11 Å². The summed E-state index contributed by atoms with van der Waals surface area (Å²) in [6, 6.07) is 0. The van der Waals surface area contributed by atoms with Crippen LogP contribution in [0.2, 0.25) is 0 Å². The fraction of sp³-hybridized carbons (Fsp3) is 0.455. The fourth-order valence-corrected chi connectivity index (χ4v) is 2.96. The minimum Gasteiger partial charge on any atom is -0.381 e. The summed E-state index contributed by atoms with van der Waals surface area (Å²) in [6.45, 7) is 4.82. The molecular weight excluding hydrogens is 302 g/mol. The summed E-state index contributed by atoms with van der Waals surface area (Å²) in [4.78, 5) is 5.01. The summed E-state index contributed by atoms with van der Waals surface area (Å²) >= 11 is 4.94. The molecule has 0 radical (unpaired) electrons. The maximum atomic E-state index is 10.4. The lowest BCUT2D eigenvalue weighted by Crippen LogP contribution is -2.09. The van der Waals surface area contributed by atoms with Crippen molar-refractivity contribution in [3.63, 3.8) is 0 Å². The van der Waals surface area contributed by atoms with Crippen LogP contribution >= 0.6 is 27.3 Å². The maximum Gasteiger partial charge on any atom is 0.132 e. The number of aliphatic hydroxyl groups excluding tert-OH is 1. The van der Waals surface area contributed by atoms with Gasteiger partial charge in [0.2, 0.25) is 0 Å². The molecule has 1 atom stereocenters. The second kappa shape index (κ2) is 5.29. The molecule has 0 saturated carbocycles. The fourth-order valence-electron chi connectivity index (χ4n) is 1.67. The second-order valence-corrected chi connectivity index (χ2v) is 5.91. The highest BCUT2D eigenvalue weighted by Crippen LogP contribution is 2.31. The molecule has 0 aliphatic rings. The van der Waals surface area contributed by atoms with Gasteiger partial charge in [0.25, 0.3) is 0 Å². The summed E-state index contributed by atoms with van der Waals surface area (Å²) in [6.07, 6.45) is 3.77. The highest BCUT2D eigenvalue weighted by Gasteiger charge is 2.21. The quantitative estimate of drug-likeness (QED) is 0.943. The third-order valence-electron chi connectivity index (χ3n) is 2.44. The molecule has 0 saturated heterocycles. The lowest BCUT2D eigenvalue weighted by molar-refractivity contribution is 0.210. The van der Waals surface area contributed by atoms with Gasteiger partial charge >= 0.3 is 0 Å². The van der Waals surface area contributed by atoms with Crippen LogP contribution in [-0.4, -0.2) is 19.9 Å². The van der Waals surface area contributed by atoms with E-state index in [0.717, 1.165) is 33.0 Å². The lowest BCUT2D eigenvalue weighted by atomic mass is 10.2. The van der Waals surface area contributed by atoms with Crippen LogP contribution < -0.4 is 0 Å². The molecule has 2 aromatic rings. The molecule has 92 valence electrons. The van der Waals surface area contributed by atoms with Gasteiger partial charge in [-0.15, -0.1) is 11.3 Å². The number of thiazole rings is 1. The first kappa shape index (κ1) is 12.7. The second-order valence-electron chi connectivity index (χ2n) is 3.79. The lowest BCUT2D eigenvalue weighted by Gasteiger charge is -2.11. The molecule has 0 fully saturated rings. The van der Waals surface area contributed by atoms with Crippen LogP contribution in [0.4, 0.5) is 0 Å². The minimum absolute atomic E-state index is 0.662. The van der Waals surface area contributed by atoms with E-state index in [1.54, 1.807) is 12.4 Å². The number of aryl methyl sites for hydroxylation is 2. The largest absolute Gasteiger partial charge is 0.381 e. The Kier molecular flexibility index (Phi) is 3.96. The molecule has 0 aliphatic heterocycles. The van der Waals surface area contributed by atoms with Crippen molar-refractivity contribution in [1.82, 2.24) is 14.8 Å². The van der Waals surface area contributed by atoms with Crippen LogP contribution in [-0.2, 0) is 6.54 Å². The Morgan fingerprint density at radius 2 is 2.29 bits per heavy atom. The SMILES string of the molecule is CCCn1ncc(Br)c1C(O)c1cnc(C)s1. The number of aromatic nitrogens is 3. The molecule has 4 nitrogen and oxygen atoms in total. The van der Waals surface area contributed by atoms with E-state index in [9.17, 15) is 5.11 Å². The molecule has 2 aromatic heterocycles. The first-order chi connectivity index (χ1) is 8.13. The van der Waals surface area contributed by atoms with Crippen molar-refractivity contribution in [3.05, 3.63) is 32.4 Å². The third-order valence-corrected chi connectivity index (χ3v) is 4.01. The average molecular weight is 316 g/mol. The molecule has 2 rings (SSSR count). The normalized spacial score (nSPS) is 12.9. The maximum absolute atomic E-state index is 10.4. The van der Waals surface area contributed by atoms with E-state index in [-0.39, 0.29) is 0 Å². The molecule has 0 aromatic carbocycles. The predicted octanol–water partition coefficient (Wildman–Crippen LogP) is 2.90. The summed E-state index contributed by atoms with van der Waals surface area (Å²) in [5.74, 6) is 0. The van der Waals surface area contributed by atoms with E-state index in [1.807, 2.05) is 11.6 Å². The van der Waals surface area contributed by atoms with Crippen LogP contribution in [0.25, 0.3) is 0 Å². The molecule has 2 heterocycles. The van der Waals surface area contributed by atoms with Crippen LogP contribution in [0.1, 0.15) is 35.0 Å². The van der Waals surface area contributed by atoms with Gasteiger partial charge in [-0.2, -0.15) is 5.10 Å². The highest BCUT2D eigenvalue weighted by molar-refractivity contribution is 9.10. The summed E-state index contributed by atoms with van der Waals surface area (Å²) in [7, 11) is 0. The Balaban J connectivity index is 2.35. The van der Waals surface area contributed by atoms with Crippen LogP contribution in [0, 0.1) is 6.92 Å². The van der Waals surface area contributed by atoms with Gasteiger partial charge in [-0.25, -0.2) is 4.98 Å². The van der Waals surface area contributed by atoms with Gasteiger partial charge in [-0.05, 0) is 29.3 Å². The first-order valence-electron chi connectivity index (χ1n) is 5.45. The van der Waals surface area contributed by atoms with Crippen molar-refractivity contribution >= 4 is 27.3 Å². The number of hydrogen-bond acceptors (Lipinski definition) is 4. The molecule has 6 heteroatoms. The van der Waals surface area contributed by atoms with E-state index in [0.29, 0.717) is 0 Å². The smallest absolute Gasteiger partial charge is 0.132 e. The molecule has 0 aliphatic carbocycles. The zero-order valence-corrected chi connectivity index (χ0v) is 12.1. The van der Waals surface area contributed by atoms with E-state index < -0.39 is 6.10 Å². The van der Waals surface area contributed by atoms with Crippen LogP contribution in [0.3, 0.4) is 0 Å². The zero-order chi connectivity index (χ0) is 12.4. The molecule has 1 N–H and O–H groups in total. The highest BCUT2D eigenvalue weighted by atomic mass is 79.9. The summed E-state index contributed by atoms with van der Waals surface area (Å²) < 4.78 is 2.67. The van der Waals surface area contributed by atoms with E-state index in [1.165, 1.54) is 11.3 Å². The molecule has 1 unspecified atom stereocenters. The number of hydrogen-bond donors (Lipinski definition) is 1. The van der Waals surface area contributed by atoms with Gasteiger partial charge in [0.15, 0.2) is 0 Å². The van der Waals surface area contributed by atoms with Gasteiger partial charge in [-0.1, -0.05) is 6.92 Å². The van der Waals surface area contributed by atoms with Crippen molar-refractivity contribution in [2.75, 3.05) is 0 Å². The number of rotatable bonds is 4. The van der Waals surface area contributed by atoms with Gasteiger partial charge in [0.05, 0.1) is 26.2 Å². The van der Waals surface area contributed by atoms with Crippen molar-refractivity contribution in [1.29, 1.82) is 0 Å². The van der Waals surface area contributed by atoms with Gasteiger partial charge in [-0.3, -0.25) is 4.68 Å². The molecule has 0 amide bonds. The van der Waals surface area contributed by atoms with E-state index >= 15 is 0 Å². The number of nitrogens with zero attached hydrogens (tertiary/aromatic N) is 3. The van der Waals surface area contributed by atoms with Gasteiger partial charge < -0.3 is 5.11 Å². The average Bonchev–Trinajstić information content (AvgIpc) is 2.86.